The van der Waals surface area contributed by atoms with Crippen LogP contribution in [-0.2, 0) is 6.42 Å². The van der Waals surface area contributed by atoms with Crippen LogP contribution in [0.5, 0.6) is 11.5 Å². The van der Waals surface area contributed by atoms with E-state index in [1.54, 1.807) is 14.2 Å². The summed E-state index contributed by atoms with van der Waals surface area (Å²) >= 11 is 0. The number of ether oxygens (including phenoxy) is 2. The zero-order chi connectivity index (χ0) is 14.9. The molecule has 1 saturated carbocycles. The van der Waals surface area contributed by atoms with Gasteiger partial charge in [-0.1, -0.05) is 18.9 Å². The van der Waals surface area contributed by atoms with Crippen LogP contribution in [0, 0.1) is 0 Å². The minimum atomic E-state index is 0.278. The average molecular weight is 287 g/mol. The van der Waals surface area contributed by atoms with Crippen LogP contribution in [0.2, 0.25) is 0 Å². The molecule has 1 N–H and O–H groups in total. The lowest BCUT2D eigenvalue weighted by atomic mass is 9.79. The molecule has 1 heterocycles. The van der Waals surface area contributed by atoms with Gasteiger partial charge in [-0.05, 0) is 48.9 Å². The van der Waals surface area contributed by atoms with Crippen molar-refractivity contribution in [2.75, 3.05) is 14.2 Å². The topological polar surface area (TPSA) is 30.5 Å². The van der Waals surface area contributed by atoms with Crippen LogP contribution in [0.25, 0.3) is 0 Å². The van der Waals surface area contributed by atoms with Crippen LogP contribution >= 0.6 is 0 Å². The second-order valence-corrected chi connectivity index (χ2v) is 6.29. The number of methoxy groups -OCH3 is 2. The summed E-state index contributed by atoms with van der Waals surface area (Å²) in [6.07, 6.45) is 9.25. The second kappa shape index (κ2) is 5.72. The van der Waals surface area contributed by atoms with Crippen molar-refractivity contribution in [1.29, 1.82) is 0 Å². The molecule has 1 aliphatic heterocycles. The van der Waals surface area contributed by atoms with Crippen molar-refractivity contribution in [3.63, 3.8) is 0 Å². The van der Waals surface area contributed by atoms with Gasteiger partial charge in [0.2, 0.25) is 0 Å². The van der Waals surface area contributed by atoms with Gasteiger partial charge in [0.15, 0.2) is 11.5 Å². The maximum Gasteiger partial charge on any atom is 0.161 e. The highest BCUT2D eigenvalue weighted by Gasteiger charge is 2.40. The Bertz CT molecular complexity index is 532. The van der Waals surface area contributed by atoms with Gasteiger partial charge in [0, 0.05) is 11.6 Å². The summed E-state index contributed by atoms with van der Waals surface area (Å²) in [5, 5.41) is 3.91. The van der Waals surface area contributed by atoms with Gasteiger partial charge in [-0.15, -0.1) is 6.58 Å². The Balaban J connectivity index is 2.04. The van der Waals surface area contributed by atoms with Crippen molar-refractivity contribution in [3.05, 3.63) is 35.9 Å². The molecule has 114 valence electrons. The van der Waals surface area contributed by atoms with E-state index in [1.807, 2.05) is 6.08 Å². The van der Waals surface area contributed by atoms with E-state index >= 15 is 0 Å². The Labute approximate surface area is 127 Å². The first-order chi connectivity index (χ1) is 10.2. The quantitative estimate of drug-likeness (QED) is 0.855. The first-order valence-corrected chi connectivity index (χ1v) is 7.85. The number of benzene rings is 1. The highest BCUT2D eigenvalue weighted by molar-refractivity contribution is 5.50. The molecule has 0 radical (unpaired) electrons. The Morgan fingerprint density at radius 2 is 1.90 bits per heavy atom. The lowest BCUT2D eigenvalue weighted by Gasteiger charge is -2.41. The lowest BCUT2D eigenvalue weighted by molar-refractivity contribution is 0.265. The van der Waals surface area contributed by atoms with Crippen molar-refractivity contribution in [1.82, 2.24) is 5.32 Å². The van der Waals surface area contributed by atoms with Gasteiger partial charge in [-0.3, -0.25) is 0 Å². The largest absolute Gasteiger partial charge is 0.493 e. The van der Waals surface area contributed by atoms with E-state index < -0.39 is 0 Å². The monoisotopic (exact) mass is 287 g/mol. The second-order valence-electron chi connectivity index (χ2n) is 6.29. The highest BCUT2D eigenvalue weighted by atomic mass is 16.5. The fraction of sp³-hybridized carbons (Fsp3) is 0.556. The van der Waals surface area contributed by atoms with Gasteiger partial charge in [0.25, 0.3) is 0 Å². The molecule has 0 unspecified atom stereocenters. The molecule has 0 aromatic heterocycles. The third-order valence-electron chi connectivity index (χ3n) is 4.99. The molecular weight excluding hydrogens is 262 g/mol. The Morgan fingerprint density at radius 1 is 1.24 bits per heavy atom. The van der Waals surface area contributed by atoms with Gasteiger partial charge < -0.3 is 14.8 Å². The Morgan fingerprint density at radius 3 is 2.52 bits per heavy atom. The maximum absolute atomic E-state index is 5.48. The highest BCUT2D eigenvalue weighted by Crippen LogP contribution is 2.44. The first kappa shape index (κ1) is 14.5. The third-order valence-corrected chi connectivity index (χ3v) is 4.99. The van der Waals surface area contributed by atoms with Crippen LogP contribution in [-0.4, -0.2) is 19.8 Å². The first-order valence-electron chi connectivity index (χ1n) is 7.85. The van der Waals surface area contributed by atoms with Gasteiger partial charge in [-0.2, -0.15) is 0 Å². The predicted molar refractivity (Wildman–Crippen MR) is 85.1 cm³/mol. The molecule has 1 spiro atoms. The molecule has 1 aromatic carbocycles. The summed E-state index contributed by atoms with van der Waals surface area (Å²) in [4.78, 5) is 0. The van der Waals surface area contributed by atoms with Gasteiger partial charge >= 0.3 is 0 Å². The molecule has 3 nitrogen and oxygen atoms in total. The summed E-state index contributed by atoms with van der Waals surface area (Å²) in [5.74, 6) is 1.65. The summed E-state index contributed by atoms with van der Waals surface area (Å²) < 4.78 is 11.0. The predicted octanol–water partition coefficient (Wildman–Crippen LogP) is 3.78. The molecular formula is C18H25NO2. The van der Waals surface area contributed by atoms with Crippen molar-refractivity contribution in [2.45, 2.75) is 50.1 Å². The average Bonchev–Trinajstić information content (AvgIpc) is 2.94. The standard InChI is InChI=1S/C18H25NO2/c1-4-7-15-14-11-17(21-3)16(20-2)10-13(14)12-18(19-15)8-5-6-9-18/h4,10-11,15,19H,1,5-9,12H2,2-3H3/t15-/m1/s1. The minimum Gasteiger partial charge on any atom is -0.493 e. The molecule has 21 heavy (non-hydrogen) atoms. The molecule has 0 bridgehead atoms. The summed E-state index contributed by atoms with van der Waals surface area (Å²) in [6, 6.07) is 4.65. The van der Waals surface area contributed by atoms with E-state index in [1.165, 1.54) is 36.8 Å². The SMILES string of the molecule is C=CC[C@H]1NC2(CCCC2)Cc2cc(OC)c(OC)cc21. The van der Waals surface area contributed by atoms with Crippen molar-refractivity contribution < 1.29 is 9.47 Å². The maximum atomic E-state index is 5.48. The molecule has 0 saturated heterocycles. The number of fused-ring (bicyclic) bond motifs is 1. The van der Waals surface area contributed by atoms with Crippen molar-refractivity contribution in [3.8, 4) is 11.5 Å². The third kappa shape index (κ3) is 2.55. The van der Waals surface area contributed by atoms with Crippen molar-refractivity contribution in [2.24, 2.45) is 0 Å². The summed E-state index contributed by atoms with van der Waals surface area (Å²) in [6.45, 7) is 3.92. The fourth-order valence-electron chi connectivity index (χ4n) is 4.00. The van der Waals surface area contributed by atoms with Crippen LogP contribution in [0.3, 0.4) is 0 Å². The fourth-order valence-corrected chi connectivity index (χ4v) is 4.00. The molecule has 1 aromatic rings. The molecule has 1 atom stereocenters. The van der Waals surface area contributed by atoms with Gasteiger partial charge in [0.1, 0.15) is 0 Å². The zero-order valence-corrected chi connectivity index (χ0v) is 13.1. The number of nitrogens with one attached hydrogen (secondary N) is 1. The number of hydrogen-bond acceptors (Lipinski definition) is 3. The molecule has 1 aliphatic carbocycles. The van der Waals surface area contributed by atoms with E-state index in [0.717, 1.165) is 24.3 Å². The van der Waals surface area contributed by atoms with Crippen LogP contribution < -0.4 is 14.8 Å². The molecule has 3 heteroatoms. The zero-order valence-electron chi connectivity index (χ0n) is 13.1. The van der Waals surface area contributed by atoms with E-state index in [-0.39, 0.29) is 5.54 Å². The molecule has 2 aliphatic rings. The van der Waals surface area contributed by atoms with E-state index in [9.17, 15) is 0 Å². The molecule has 0 amide bonds. The van der Waals surface area contributed by atoms with E-state index in [2.05, 4.69) is 24.0 Å². The van der Waals surface area contributed by atoms with Crippen LogP contribution in [0.15, 0.2) is 24.8 Å². The normalized spacial score (nSPS) is 22.9. The molecule has 3 rings (SSSR count). The Hall–Kier alpha value is -1.48. The Kier molecular flexibility index (Phi) is 3.94. The smallest absolute Gasteiger partial charge is 0.161 e. The van der Waals surface area contributed by atoms with E-state index in [0.29, 0.717) is 6.04 Å². The van der Waals surface area contributed by atoms with Gasteiger partial charge in [0.05, 0.1) is 14.2 Å². The lowest BCUT2D eigenvalue weighted by Crippen LogP contribution is -2.50. The van der Waals surface area contributed by atoms with Crippen LogP contribution in [0.1, 0.15) is 49.3 Å². The summed E-state index contributed by atoms with van der Waals surface area (Å²) in [5.41, 5.74) is 3.02. The van der Waals surface area contributed by atoms with Gasteiger partial charge in [-0.25, -0.2) is 0 Å². The van der Waals surface area contributed by atoms with E-state index in [4.69, 9.17) is 9.47 Å². The number of rotatable bonds is 4. The number of hydrogen-bond donors (Lipinski definition) is 1. The summed E-state index contributed by atoms with van der Waals surface area (Å²) in [7, 11) is 3.40. The molecule has 1 fully saturated rings. The van der Waals surface area contributed by atoms with Crippen LogP contribution in [0.4, 0.5) is 0 Å². The van der Waals surface area contributed by atoms with Crippen molar-refractivity contribution >= 4 is 0 Å². The minimum absolute atomic E-state index is 0.278.